The summed E-state index contributed by atoms with van der Waals surface area (Å²) in [6, 6.07) is 3.61. The van der Waals surface area contributed by atoms with Crippen LogP contribution in [0.5, 0.6) is 0 Å². The van der Waals surface area contributed by atoms with Crippen molar-refractivity contribution < 1.29 is 14.3 Å². The van der Waals surface area contributed by atoms with Crippen molar-refractivity contribution in [3.05, 3.63) is 22.4 Å². The molecule has 0 aliphatic rings. The number of esters is 1. The van der Waals surface area contributed by atoms with E-state index in [2.05, 4.69) is 5.32 Å². The lowest BCUT2D eigenvalue weighted by Crippen LogP contribution is -2.24. The smallest absolute Gasteiger partial charge is 0.305 e. The van der Waals surface area contributed by atoms with Crippen molar-refractivity contribution in [2.75, 3.05) is 13.2 Å². The zero-order valence-electron chi connectivity index (χ0n) is 9.90. The molecule has 1 heterocycles. The summed E-state index contributed by atoms with van der Waals surface area (Å²) >= 11 is 1.40. The van der Waals surface area contributed by atoms with Crippen LogP contribution in [0.4, 0.5) is 0 Å². The summed E-state index contributed by atoms with van der Waals surface area (Å²) in [7, 11) is 0. The largest absolute Gasteiger partial charge is 0.466 e. The van der Waals surface area contributed by atoms with Crippen LogP contribution in [0.15, 0.2) is 17.5 Å². The summed E-state index contributed by atoms with van der Waals surface area (Å²) < 4.78 is 4.92. The second kappa shape index (κ2) is 7.84. The Morgan fingerprint density at radius 3 is 2.94 bits per heavy atom. The van der Waals surface area contributed by atoms with Crippen molar-refractivity contribution in [2.45, 2.75) is 26.2 Å². The Bertz CT molecular complexity index is 349. The summed E-state index contributed by atoms with van der Waals surface area (Å²) in [4.78, 5) is 23.3. The highest BCUT2D eigenvalue weighted by Gasteiger charge is 2.06. The first-order valence-electron chi connectivity index (χ1n) is 5.71. The fourth-order valence-electron chi connectivity index (χ4n) is 1.22. The highest BCUT2D eigenvalue weighted by molar-refractivity contribution is 7.12. The third kappa shape index (κ3) is 5.49. The molecular weight excluding hydrogens is 238 g/mol. The molecule has 0 radical (unpaired) electrons. The van der Waals surface area contributed by atoms with Crippen LogP contribution in [0, 0.1) is 0 Å². The van der Waals surface area contributed by atoms with Crippen molar-refractivity contribution in [2.24, 2.45) is 0 Å². The topological polar surface area (TPSA) is 55.4 Å². The Morgan fingerprint density at radius 2 is 2.29 bits per heavy atom. The zero-order valence-corrected chi connectivity index (χ0v) is 10.7. The van der Waals surface area contributed by atoms with Crippen LogP contribution in [0.2, 0.25) is 0 Å². The van der Waals surface area contributed by atoms with Crippen LogP contribution in [-0.2, 0) is 9.53 Å². The van der Waals surface area contributed by atoms with Crippen LogP contribution in [0.1, 0.15) is 35.9 Å². The molecule has 4 nitrogen and oxygen atoms in total. The third-order valence-corrected chi connectivity index (χ3v) is 2.92. The molecule has 0 aliphatic heterocycles. The van der Waals surface area contributed by atoms with E-state index in [0.29, 0.717) is 30.9 Å². The van der Waals surface area contributed by atoms with Gasteiger partial charge in [0.15, 0.2) is 0 Å². The fraction of sp³-hybridized carbons (Fsp3) is 0.500. The number of amides is 1. The average Bonchev–Trinajstić information content (AvgIpc) is 2.85. The van der Waals surface area contributed by atoms with Crippen molar-refractivity contribution in [3.8, 4) is 0 Å². The van der Waals surface area contributed by atoms with Gasteiger partial charge in [0.05, 0.1) is 11.5 Å². The Balaban J connectivity index is 2.08. The highest BCUT2D eigenvalue weighted by Crippen LogP contribution is 2.07. The molecule has 0 atom stereocenters. The SMILES string of the molecule is CCCOC(=O)CCCNC(=O)c1cccs1. The predicted molar refractivity (Wildman–Crippen MR) is 67.1 cm³/mol. The number of ether oxygens (including phenoxy) is 1. The molecule has 1 rings (SSSR count). The van der Waals surface area contributed by atoms with E-state index in [9.17, 15) is 9.59 Å². The number of nitrogens with one attached hydrogen (secondary N) is 1. The van der Waals surface area contributed by atoms with Crippen LogP contribution in [-0.4, -0.2) is 25.0 Å². The first-order chi connectivity index (χ1) is 8.24. The molecule has 0 unspecified atom stereocenters. The van der Waals surface area contributed by atoms with E-state index >= 15 is 0 Å². The molecule has 1 N–H and O–H groups in total. The van der Waals surface area contributed by atoms with Crippen LogP contribution in [0.3, 0.4) is 0 Å². The van der Waals surface area contributed by atoms with E-state index in [1.807, 2.05) is 18.4 Å². The van der Waals surface area contributed by atoms with E-state index in [-0.39, 0.29) is 11.9 Å². The van der Waals surface area contributed by atoms with Gasteiger partial charge in [0.2, 0.25) is 0 Å². The van der Waals surface area contributed by atoms with Gasteiger partial charge < -0.3 is 10.1 Å². The second-order valence-electron chi connectivity index (χ2n) is 3.56. The number of rotatable bonds is 7. The molecule has 1 amide bonds. The predicted octanol–water partition coefficient (Wildman–Crippen LogP) is 2.21. The van der Waals surface area contributed by atoms with Gasteiger partial charge in [-0.15, -0.1) is 11.3 Å². The van der Waals surface area contributed by atoms with Gasteiger partial charge in [0.25, 0.3) is 5.91 Å². The van der Waals surface area contributed by atoms with Gasteiger partial charge in [-0.1, -0.05) is 13.0 Å². The third-order valence-electron chi connectivity index (χ3n) is 2.06. The molecule has 0 aliphatic carbocycles. The van der Waals surface area contributed by atoms with Gasteiger partial charge in [0.1, 0.15) is 0 Å². The fourth-order valence-corrected chi connectivity index (χ4v) is 1.86. The molecule has 0 saturated heterocycles. The number of thiophene rings is 1. The van der Waals surface area contributed by atoms with Crippen LogP contribution >= 0.6 is 11.3 Å². The lowest BCUT2D eigenvalue weighted by atomic mass is 10.3. The molecule has 5 heteroatoms. The van der Waals surface area contributed by atoms with E-state index in [1.165, 1.54) is 11.3 Å². The maximum absolute atomic E-state index is 11.5. The normalized spacial score (nSPS) is 9.94. The van der Waals surface area contributed by atoms with Gasteiger partial charge >= 0.3 is 5.97 Å². The number of hydrogen-bond acceptors (Lipinski definition) is 4. The van der Waals surface area contributed by atoms with E-state index < -0.39 is 0 Å². The van der Waals surface area contributed by atoms with Crippen molar-refractivity contribution in [3.63, 3.8) is 0 Å². The quantitative estimate of drug-likeness (QED) is 0.600. The summed E-state index contributed by atoms with van der Waals surface area (Å²) in [6.45, 7) is 2.92. The van der Waals surface area contributed by atoms with Crippen LogP contribution < -0.4 is 5.32 Å². The van der Waals surface area contributed by atoms with Gasteiger partial charge in [-0.3, -0.25) is 9.59 Å². The van der Waals surface area contributed by atoms with Crippen LogP contribution in [0.25, 0.3) is 0 Å². The molecule has 0 aromatic carbocycles. The molecule has 0 saturated carbocycles. The number of carbonyl (C=O) groups excluding carboxylic acids is 2. The zero-order chi connectivity index (χ0) is 12.5. The van der Waals surface area contributed by atoms with Crippen molar-refractivity contribution >= 4 is 23.2 Å². The first kappa shape index (κ1) is 13.7. The molecule has 17 heavy (non-hydrogen) atoms. The van der Waals surface area contributed by atoms with Gasteiger partial charge in [-0.05, 0) is 24.3 Å². The van der Waals surface area contributed by atoms with E-state index in [1.54, 1.807) is 6.07 Å². The summed E-state index contributed by atoms with van der Waals surface area (Å²) in [6.07, 6.45) is 1.80. The molecular formula is C12H17NO3S. The van der Waals surface area contributed by atoms with E-state index in [4.69, 9.17) is 4.74 Å². The van der Waals surface area contributed by atoms with Crippen molar-refractivity contribution in [1.29, 1.82) is 0 Å². The number of hydrogen-bond donors (Lipinski definition) is 1. The first-order valence-corrected chi connectivity index (χ1v) is 6.59. The Morgan fingerprint density at radius 1 is 1.47 bits per heavy atom. The summed E-state index contributed by atoms with van der Waals surface area (Å²) in [5.41, 5.74) is 0. The molecule has 0 bridgehead atoms. The maximum atomic E-state index is 11.5. The monoisotopic (exact) mass is 255 g/mol. The van der Waals surface area contributed by atoms with Gasteiger partial charge in [0, 0.05) is 13.0 Å². The maximum Gasteiger partial charge on any atom is 0.305 e. The molecule has 94 valence electrons. The lowest BCUT2D eigenvalue weighted by molar-refractivity contribution is -0.143. The lowest BCUT2D eigenvalue weighted by Gasteiger charge is -2.04. The van der Waals surface area contributed by atoms with Crippen molar-refractivity contribution in [1.82, 2.24) is 5.32 Å². The van der Waals surface area contributed by atoms with E-state index in [0.717, 1.165) is 6.42 Å². The Labute approximate surface area is 105 Å². The minimum atomic E-state index is -0.197. The Hall–Kier alpha value is -1.36. The standard InChI is InChI=1S/C12H17NO3S/c1-2-8-16-11(14)6-3-7-13-12(15)10-5-4-9-17-10/h4-5,9H,2-3,6-8H2,1H3,(H,13,15). The molecule has 1 aromatic rings. The minimum Gasteiger partial charge on any atom is -0.466 e. The van der Waals surface area contributed by atoms with Gasteiger partial charge in [-0.25, -0.2) is 0 Å². The highest BCUT2D eigenvalue weighted by atomic mass is 32.1. The van der Waals surface area contributed by atoms with Gasteiger partial charge in [-0.2, -0.15) is 0 Å². The molecule has 0 fully saturated rings. The second-order valence-corrected chi connectivity index (χ2v) is 4.50. The average molecular weight is 255 g/mol. The summed E-state index contributed by atoms with van der Waals surface area (Å²) in [5, 5.41) is 4.62. The Kier molecular flexibility index (Phi) is 6.32. The number of carbonyl (C=O) groups is 2. The molecule has 0 spiro atoms. The summed E-state index contributed by atoms with van der Waals surface area (Å²) in [5.74, 6) is -0.279. The minimum absolute atomic E-state index is 0.0816. The molecule has 1 aromatic heterocycles.